The van der Waals surface area contributed by atoms with Crippen LogP contribution < -0.4 is 0 Å². The Morgan fingerprint density at radius 2 is 1.51 bits per heavy atom. The van der Waals surface area contributed by atoms with Crippen molar-refractivity contribution < 1.29 is 19.1 Å². The number of aromatic nitrogens is 1. The Labute approximate surface area is 270 Å². The first kappa shape index (κ1) is 30.8. The van der Waals surface area contributed by atoms with E-state index in [4.69, 9.17) is 16.3 Å². The molecule has 0 radical (unpaired) electrons. The molecule has 8 heteroatoms. The monoisotopic (exact) mass is 636 g/mol. The molecule has 2 atom stereocenters. The van der Waals surface area contributed by atoms with Crippen molar-refractivity contribution in [3.63, 3.8) is 0 Å². The molecule has 1 aliphatic rings. The van der Waals surface area contributed by atoms with E-state index in [0.717, 1.165) is 52.5 Å². The van der Waals surface area contributed by atoms with Crippen LogP contribution in [0.1, 0.15) is 72.6 Å². The molecule has 1 aromatic heterocycles. The zero-order valence-electron chi connectivity index (χ0n) is 25.0. The number of carbonyl (C=O) groups is 3. The van der Waals surface area contributed by atoms with Crippen LogP contribution in [0.25, 0.3) is 10.9 Å². The lowest BCUT2D eigenvalue weighted by molar-refractivity contribution is 0.0525. The van der Waals surface area contributed by atoms with Crippen LogP contribution in [0.15, 0.2) is 97.1 Å². The standard InChI is InChI=1S/C37H34ClN2O4P/c1-2-44-37(43)26-17-15-24(16-18-26)9-8-14-28-31-23-27(38)19-20-32(31)40(36(45)25-10-4-3-5-11-25)33(28)21-22-39-34(41)29-12-6-7-13-30(29)35(39)42/h3-7,10-13,15-20,23,36H,2,8-9,14,21-22,45H2,1H3. The summed E-state index contributed by atoms with van der Waals surface area (Å²) in [5, 5.41) is 1.73. The van der Waals surface area contributed by atoms with E-state index in [1.54, 1.807) is 31.2 Å². The van der Waals surface area contributed by atoms with Gasteiger partial charge in [-0.15, -0.1) is 9.24 Å². The Bertz CT molecular complexity index is 1850. The predicted octanol–water partition coefficient (Wildman–Crippen LogP) is 7.91. The normalized spacial score (nSPS) is 13.4. The Balaban J connectivity index is 1.33. The van der Waals surface area contributed by atoms with E-state index in [1.807, 2.05) is 54.6 Å². The van der Waals surface area contributed by atoms with Crippen LogP contribution in [0.4, 0.5) is 0 Å². The summed E-state index contributed by atoms with van der Waals surface area (Å²) in [4.78, 5) is 40.0. The average Bonchev–Trinajstić information content (AvgIpc) is 3.49. The number of hydrogen-bond donors (Lipinski definition) is 0. The van der Waals surface area contributed by atoms with Crippen molar-refractivity contribution in [3.05, 3.63) is 141 Å². The molecule has 0 saturated carbocycles. The molecule has 5 aromatic rings. The molecular weight excluding hydrogens is 603 g/mol. The van der Waals surface area contributed by atoms with E-state index in [0.29, 0.717) is 34.7 Å². The van der Waals surface area contributed by atoms with Crippen LogP contribution in [0.2, 0.25) is 5.02 Å². The number of fused-ring (bicyclic) bond motifs is 2. The van der Waals surface area contributed by atoms with Gasteiger partial charge in [-0.1, -0.05) is 66.2 Å². The van der Waals surface area contributed by atoms with E-state index in [9.17, 15) is 14.4 Å². The highest BCUT2D eigenvalue weighted by atomic mass is 35.5. The summed E-state index contributed by atoms with van der Waals surface area (Å²) < 4.78 is 7.43. The molecule has 0 N–H and O–H groups in total. The van der Waals surface area contributed by atoms with Gasteiger partial charge in [-0.2, -0.15) is 0 Å². The lowest BCUT2D eigenvalue weighted by Crippen LogP contribution is -2.32. The molecule has 2 heterocycles. The second kappa shape index (κ2) is 13.4. The van der Waals surface area contributed by atoms with Crippen LogP contribution in [0.5, 0.6) is 0 Å². The first-order chi connectivity index (χ1) is 21.9. The van der Waals surface area contributed by atoms with Crippen molar-refractivity contribution in [2.24, 2.45) is 0 Å². The van der Waals surface area contributed by atoms with E-state index in [2.05, 4.69) is 32.0 Å². The van der Waals surface area contributed by atoms with Crippen molar-refractivity contribution >= 4 is 49.5 Å². The highest BCUT2D eigenvalue weighted by Crippen LogP contribution is 2.38. The van der Waals surface area contributed by atoms with E-state index in [1.165, 1.54) is 4.90 Å². The summed E-state index contributed by atoms with van der Waals surface area (Å²) in [5.74, 6) is -0.891. The number of rotatable bonds is 11. The van der Waals surface area contributed by atoms with Crippen molar-refractivity contribution in [1.29, 1.82) is 0 Å². The third-order valence-corrected chi connectivity index (χ3v) is 9.33. The molecule has 4 aromatic carbocycles. The second-order valence-corrected chi connectivity index (χ2v) is 12.2. The number of imide groups is 1. The van der Waals surface area contributed by atoms with Gasteiger partial charge >= 0.3 is 5.97 Å². The highest BCUT2D eigenvalue weighted by molar-refractivity contribution is 7.17. The fourth-order valence-corrected chi connectivity index (χ4v) is 6.96. The first-order valence-electron chi connectivity index (χ1n) is 15.2. The fourth-order valence-electron chi connectivity index (χ4n) is 6.22. The Morgan fingerprint density at radius 3 is 2.18 bits per heavy atom. The molecule has 0 spiro atoms. The number of nitrogens with zero attached hydrogens (tertiary/aromatic N) is 2. The Morgan fingerprint density at radius 1 is 0.844 bits per heavy atom. The van der Waals surface area contributed by atoms with Gasteiger partial charge in [0.15, 0.2) is 0 Å². The molecule has 6 nitrogen and oxygen atoms in total. The minimum atomic E-state index is -0.318. The minimum absolute atomic E-state index is 0.0729. The maximum absolute atomic E-state index is 13.2. The van der Waals surface area contributed by atoms with Gasteiger partial charge in [-0.3, -0.25) is 14.5 Å². The quantitative estimate of drug-likeness (QED) is 0.0840. The highest BCUT2D eigenvalue weighted by Gasteiger charge is 2.35. The number of aryl methyl sites for hydroxylation is 2. The number of carbonyl (C=O) groups excluding carboxylic acids is 3. The third-order valence-electron chi connectivity index (χ3n) is 8.41. The Kier molecular flexibility index (Phi) is 9.16. The topological polar surface area (TPSA) is 68.6 Å². The van der Waals surface area contributed by atoms with E-state index < -0.39 is 0 Å². The van der Waals surface area contributed by atoms with E-state index >= 15 is 0 Å². The van der Waals surface area contributed by atoms with Gasteiger partial charge in [-0.25, -0.2) is 4.79 Å². The smallest absolute Gasteiger partial charge is 0.338 e. The van der Waals surface area contributed by atoms with Crippen molar-refractivity contribution in [1.82, 2.24) is 9.47 Å². The summed E-state index contributed by atoms with van der Waals surface area (Å²) in [6.07, 6.45) is 2.95. The summed E-state index contributed by atoms with van der Waals surface area (Å²) in [6.45, 7) is 2.41. The van der Waals surface area contributed by atoms with Gasteiger partial charge in [0.2, 0.25) is 0 Å². The van der Waals surface area contributed by atoms with Crippen LogP contribution in [-0.2, 0) is 24.0 Å². The lowest BCUT2D eigenvalue weighted by Gasteiger charge is -2.22. The number of esters is 1. The second-order valence-electron chi connectivity index (χ2n) is 11.1. The maximum Gasteiger partial charge on any atom is 0.338 e. The zero-order valence-corrected chi connectivity index (χ0v) is 27.0. The predicted molar refractivity (Wildman–Crippen MR) is 181 cm³/mol. The van der Waals surface area contributed by atoms with Crippen LogP contribution in [-0.4, -0.2) is 40.4 Å². The maximum atomic E-state index is 13.2. The van der Waals surface area contributed by atoms with Crippen molar-refractivity contribution in [2.75, 3.05) is 13.2 Å². The Hall–Kier alpha value is -4.25. The van der Waals surface area contributed by atoms with Gasteiger partial charge in [0.25, 0.3) is 11.8 Å². The first-order valence-corrected chi connectivity index (χ1v) is 16.2. The van der Waals surface area contributed by atoms with Crippen LogP contribution >= 0.6 is 20.8 Å². The number of amides is 2. The van der Waals surface area contributed by atoms with Crippen molar-refractivity contribution in [3.8, 4) is 0 Å². The van der Waals surface area contributed by atoms with Gasteiger partial charge in [0, 0.05) is 34.6 Å². The SMILES string of the molecule is CCOC(=O)c1ccc(CCCc2c(CCN3C(=O)c4ccccc4C3=O)n(C(P)c3ccccc3)c3ccc(Cl)cc23)cc1. The molecule has 6 rings (SSSR count). The number of hydrogen-bond acceptors (Lipinski definition) is 4. The number of halogens is 1. The molecule has 45 heavy (non-hydrogen) atoms. The molecule has 2 unspecified atom stereocenters. The summed E-state index contributed by atoms with van der Waals surface area (Å²) in [5.41, 5.74) is 7.00. The third kappa shape index (κ3) is 6.18. The molecule has 0 saturated heterocycles. The average molecular weight is 637 g/mol. The number of ether oxygens (including phenoxy) is 1. The van der Waals surface area contributed by atoms with Crippen LogP contribution in [0.3, 0.4) is 0 Å². The largest absolute Gasteiger partial charge is 0.462 e. The summed E-state index contributed by atoms with van der Waals surface area (Å²) in [7, 11) is 2.98. The fraction of sp³-hybridized carbons (Fsp3) is 0.216. The summed E-state index contributed by atoms with van der Waals surface area (Å²) in [6, 6.07) is 30.8. The number of benzene rings is 4. The molecule has 0 fully saturated rings. The zero-order chi connectivity index (χ0) is 31.5. The van der Waals surface area contributed by atoms with Crippen LogP contribution in [0, 0.1) is 0 Å². The lowest BCUT2D eigenvalue weighted by atomic mass is 9.99. The summed E-state index contributed by atoms with van der Waals surface area (Å²) >= 11 is 6.56. The van der Waals surface area contributed by atoms with Gasteiger partial charge in [0.1, 0.15) is 0 Å². The molecule has 1 aliphatic heterocycles. The van der Waals surface area contributed by atoms with Gasteiger partial charge in [-0.05, 0) is 85.3 Å². The molecule has 2 amide bonds. The van der Waals surface area contributed by atoms with Gasteiger partial charge < -0.3 is 9.30 Å². The van der Waals surface area contributed by atoms with E-state index in [-0.39, 0.29) is 30.1 Å². The minimum Gasteiger partial charge on any atom is -0.462 e. The van der Waals surface area contributed by atoms with Gasteiger partial charge in [0.05, 0.1) is 29.1 Å². The molecule has 0 bridgehead atoms. The molecule has 0 aliphatic carbocycles. The molecular formula is C37H34ClN2O4P. The van der Waals surface area contributed by atoms with Crippen molar-refractivity contribution in [2.45, 2.75) is 38.4 Å². The molecule has 228 valence electrons.